The fraction of sp³-hybridized carbons (Fsp3) is 0.200. The van der Waals surface area contributed by atoms with Crippen molar-refractivity contribution in [3.8, 4) is 0 Å². The van der Waals surface area contributed by atoms with Gasteiger partial charge in [-0.1, -0.05) is 0 Å². The van der Waals surface area contributed by atoms with Gasteiger partial charge in [0.15, 0.2) is 5.58 Å². The molecule has 0 bridgehead atoms. The number of carbonyl (C=O) groups excluding carboxylic acids is 2. The van der Waals surface area contributed by atoms with Crippen LogP contribution in [0.1, 0.15) is 10.5 Å². The zero-order valence-electron chi connectivity index (χ0n) is 12.4. The maximum Gasteiger partial charge on any atom is 1.00 e. The number of carbonyl (C=O) groups is 2. The van der Waals surface area contributed by atoms with Gasteiger partial charge in [0.1, 0.15) is 5.69 Å². The summed E-state index contributed by atoms with van der Waals surface area (Å²) < 4.78 is 23.5. The van der Waals surface area contributed by atoms with Crippen molar-refractivity contribution >= 4 is 31.0 Å². The molecule has 0 aliphatic heterocycles. The van der Waals surface area contributed by atoms with Gasteiger partial charge in [0, 0.05) is 18.7 Å². The van der Waals surface area contributed by atoms with Crippen molar-refractivity contribution in [2.75, 3.05) is 13.2 Å². The Morgan fingerprint density at radius 3 is 2.65 bits per heavy atom. The van der Waals surface area contributed by atoms with Gasteiger partial charge in [0.25, 0.3) is 0 Å². The van der Waals surface area contributed by atoms with Crippen molar-refractivity contribution in [3.63, 3.8) is 0 Å². The number of alkyl carbamates (subject to hydrolysis) is 1. The summed E-state index contributed by atoms with van der Waals surface area (Å²) in [6.07, 6.45) is 0.315. The van der Waals surface area contributed by atoms with Crippen LogP contribution in [-0.4, -0.2) is 30.2 Å². The first-order valence-corrected chi connectivity index (χ1v) is 7.04. The number of phosphoric ester groups is 1. The van der Waals surface area contributed by atoms with E-state index in [0.29, 0.717) is 11.1 Å². The van der Waals surface area contributed by atoms with Crippen LogP contribution >= 0.6 is 7.82 Å². The van der Waals surface area contributed by atoms with E-state index in [0.717, 1.165) is 0 Å². The molecule has 0 atom stereocenters. The van der Waals surface area contributed by atoms with Crippen LogP contribution < -0.4 is 74.2 Å². The van der Waals surface area contributed by atoms with Crippen molar-refractivity contribution in [1.82, 2.24) is 10.3 Å². The van der Waals surface area contributed by atoms with Gasteiger partial charge in [-0.25, -0.2) is 9.59 Å². The van der Waals surface area contributed by atoms with E-state index < -0.39 is 26.5 Å². The van der Waals surface area contributed by atoms with Crippen LogP contribution in [0.5, 0.6) is 0 Å². The molecule has 114 valence electrons. The van der Waals surface area contributed by atoms with Crippen LogP contribution in [-0.2, 0) is 13.8 Å². The first-order valence-electron chi connectivity index (χ1n) is 5.58. The predicted octanol–water partition coefficient (Wildman–Crippen LogP) is -6.52. The van der Waals surface area contributed by atoms with Crippen LogP contribution in [0, 0.1) is 0 Å². The molecule has 0 aliphatic carbocycles. The molecule has 2 heterocycles. The molecule has 13 heteroatoms. The number of furan rings is 1. The molecule has 23 heavy (non-hydrogen) atoms. The second kappa shape index (κ2) is 10.00. The monoisotopic (exact) mass is 362 g/mol. The van der Waals surface area contributed by atoms with Gasteiger partial charge in [0.05, 0.1) is 26.2 Å². The first-order chi connectivity index (χ1) is 9.85. The SMILES string of the molecule is O=C(NCCOP(=O)([O-])[O-])OC(=O)c1cc2occc2[nH]1.[Na+].[Na+]. The Morgan fingerprint density at radius 1 is 1.35 bits per heavy atom. The second-order valence-electron chi connectivity index (χ2n) is 3.77. The second-order valence-corrected chi connectivity index (χ2v) is 4.92. The van der Waals surface area contributed by atoms with Crippen LogP contribution in [0.25, 0.3) is 11.1 Å². The summed E-state index contributed by atoms with van der Waals surface area (Å²) in [4.78, 5) is 45.8. The zero-order valence-corrected chi connectivity index (χ0v) is 17.3. The van der Waals surface area contributed by atoms with Crippen molar-refractivity contribution in [1.29, 1.82) is 0 Å². The number of rotatable bonds is 5. The molecule has 0 saturated carbocycles. The third-order valence-corrected chi connectivity index (χ3v) is 2.76. The molecule has 0 spiro atoms. The summed E-state index contributed by atoms with van der Waals surface area (Å²) in [6, 6.07) is 2.95. The molecule has 2 aromatic heterocycles. The summed E-state index contributed by atoms with van der Waals surface area (Å²) in [7, 11) is -5.09. The molecule has 10 nitrogen and oxygen atoms in total. The fourth-order valence-corrected chi connectivity index (χ4v) is 1.76. The van der Waals surface area contributed by atoms with Gasteiger partial charge in [0.2, 0.25) is 0 Å². The summed E-state index contributed by atoms with van der Waals surface area (Å²) in [5.74, 6) is -0.946. The Balaban J connectivity index is 0.00000242. The maximum absolute atomic E-state index is 11.6. The minimum Gasteiger partial charge on any atom is -0.790 e. The van der Waals surface area contributed by atoms with E-state index in [1.165, 1.54) is 12.3 Å². The van der Waals surface area contributed by atoms with E-state index in [1.807, 2.05) is 5.32 Å². The smallest absolute Gasteiger partial charge is 0.790 e. The van der Waals surface area contributed by atoms with Crippen LogP contribution in [0.4, 0.5) is 4.79 Å². The number of fused-ring (bicyclic) bond motifs is 1. The van der Waals surface area contributed by atoms with Crippen LogP contribution in [0.15, 0.2) is 22.8 Å². The third-order valence-electron chi connectivity index (χ3n) is 2.27. The molecule has 1 amide bonds. The quantitative estimate of drug-likeness (QED) is 0.175. The fourth-order valence-electron chi connectivity index (χ4n) is 1.44. The molecule has 2 aromatic rings. The number of esters is 1. The minimum atomic E-state index is -5.09. The molecule has 0 unspecified atom stereocenters. The number of amides is 1. The van der Waals surface area contributed by atoms with Crippen LogP contribution in [0.3, 0.4) is 0 Å². The Kier molecular flexibility index (Phi) is 9.94. The van der Waals surface area contributed by atoms with E-state index in [-0.39, 0.29) is 71.4 Å². The Hall–Kier alpha value is -0.130. The van der Waals surface area contributed by atoms with E-state index in [9.17, 15) is 23.9 Å². The average molecular weight is 362 g/mol. The summed E-state index contributed by atoms with van der Waals surface area (Å²) in [5, 5.41) is 2.04. The molecule has 0 radical (unpaired) electrons. The molecular weight excluding hydrogens is 353 g/mol. The van der Waals surface area contributed by atoms with E-state index in [2.05, 4.69) is 14.2 Å². The number of phosphoric acid groups is 1. The number of aromatic nitrogens is 1. The van der Waals surface area contributed by atoms with Crippen molar-refractivity contribution in [2.24, 2.45) is 0 Å². The predicted molar refractivity (Wildman–Crippen MR) is 62.9 cm³/mol. The minimum absolute atomic E-state index is 0. The zero-order chi connectivity index (χ0) is 15.5. The standard InChI is InChI=1S/C10H11N2O8P.2Na/c13-9(7-5-8-6(12-7)1-3-18-8)20-10(14)11-2-4-19-21(15,16)17;;/h1,3,5,12H,2,4H2,(H,11,14)(H2,15,16,17);;/q;2*+1/p-2. The van der Waals surface area contributed by atoms with Crippen molar-refractivity contribution in [2.45, 2.75) is 0 Å². The molecular formula is C10H9N2Na2O8P. The topological polar surface area (TPSA) is 157 Å². The average Bonchev–Trinajstić information content (AvgIpc) is 2.93. The van der Waals surface area contributed by atoms with Gasteiger partial charge in [-0.2, -0.15) is 0 Å². The summed E-state index contributed by atoms with van der Waals surface area (Å²) in [5.41, 5.74) is 1.01. The number of H-pyrrole nitrogens is 1. The van der Waals surface area contributed by atoms with Gasteiger partial charge in [-0.15, -0.1) is 0 Å². The molecule has 0 saturated heterocycles. The maximum atomic E-state index is 11.6. The number of ether oxygens (including phenoxy) is 1. The molecule has 0 fully saturated rings. The van der Waals surface area contributed by atoms with Gasteiger partial charge < -0.3 is 38.3 Å². The Labute approximate surface area is 174 Å². The van der Waals surface area contributed by atoms with Gasteiger partial charge in [-0.3, -0.25) is 0 Å². The number of hydrogen-bond donors (Lipinski definition) is 2. The largest absolute Gasteiger partial charge is 1.00 e. The third kappa shape index (κ3) is 7.53. The number of aromatic amines is 1. The molecule has 0 aliphatic rings. The molecule has 2 rings (SSSR count). The van der Waals surface area contributed by atoms with Crippen molar-refractivity contribution in [3.05, 3.63) is 24.1 Å². The number of hydrogen-bond acceptors (Lipinski definition) is 8. The summed E-state index contributed by atoms with van der Waals surface area (Å²) in [6.45, 7) is -0.864. The van der Waals surface area contributed by atoms with E-state index in [1.54, 1.807) is 6.07 Å². The molecule has 0 aromatic carbocycles. The Morgan fingerprint density at radius 2 is 2.04 bits per heavy atom. The Bertz CT molecular complexity index is 680. The van der Waals surface area contributed by atoms with E-state index in [4.69, 9.17) is 4.42 Å². The van der Waals surface area contributed by atoms with Gasteiger partial charge >= 0.3 is 71.2 Å². The van der Waals surface area contributed by atoms with E-state index >= 15 is 0 Å². The molecule has 2 N–H and O–H groups in total. The summed E-state index contributed by atoms with van der Waals surface area (Å²) >= 11 is 0. The normalized spacial score (nSPS) is 10.5. The first kappa shape index (κ1) is 22.9. The number of nitrogens with one attached hydrogen (secondary N) is 2. The van der Waals surface area contributed by atoms with Gasteiger partial charge in [-0.05, 0) is 0 Å². The van der Waals surface area contributed by atoms with Crippen molar-refractivity contribution < 1.29 is 96.7 Å². The van der Waals surface area contributed by atoms with Crippen LogP contribution in [0.2, 0.25) is 0 Å².